The van der Waals surface area contributed by atoms with Crippen molar-refractivity contribution in [3.05, 3.63) is 12.2 Å². The van der Waals surface area contributed by atoms with E-state index in [2.05, 4.69) is 31.3 Å². The van der Waals surface area contributed by atoms with Crippen LogP contribution in [0.2, 0.25) is 0 Å². The van der Waals surface area contributed by atoms with Crippen molar-refractivity contribution in [2.45, 2.75) is 56.6 Å². The van der Waals surface area contributed by atoms with Crippen molar-refractivity contribution in [2.75, 3.05) is 13.2 Å². The molecule has 6 fully saturated rings. The largest absolute Gasteiger partial charge is 0.391 e. The van der Waals surface area contributed by atoms with Crippen LogP contribution in [0.25, 0.3) is 0 Å². The van der Waals surface area contributed by atoms with Gasteiger partial charge >= 0.3 is 0 Å². The Morgan fingerprint density at radius 1 is 1.23 bits per heavy atom. The minimum Gasteiger partial charge on any atom is -0.391 e. The van der Waals surface area contributed by atoms with Gasteiger partial charge in [0.2, 0.25) is 5.79 Å². The maximum absolute atomic E-state index is 13.7. The number of nitrogens with one attached hydrogen (secondary N) is 1. The Labute approximate surface area is 152 Å². The number of allylic oxidation sites excluding steroid dienone is 1. The van der Waals surface area contributed by atoms with Crippen molar-refractivity contribution in [3.63, 3.8) is 0 Å². The summed E-state index contributed by atoms with van der Waals surface area (Å²) in [5.41, 5.74) is -2.91. The van der Waals surface area contributed by atoms with Crippen LogP contribution in [0, 0.1) is 34.0 Å². The number of fused-ring (bicyclic) bond motifs is 3. The Bertz CT molecular complexity index is 759. The fourth-order valence-corrected chi connectivity index (χ4v) is 8.18. The van der Waals surface area contributed by atoms with Gasteiger partial charge in [0.25, 0.3) is 0 Å². The Morgan fingerprint density at radius 2 is 1.96 bits per heavy atom. The van der Waals surface area contributed by atoms with Crippen molar-refractivity contribution in [3.8, 4) is 0 Å². The molecule has 9 atom stereocenters. The third kappa shape index (κ3) is 1.26. The van der Waals surface area contributed by atoms with E-state index in [9.17, 15) is 20.1 Å². The average Bonchev–Trinajstić information content (AvgIpc) is 3.36. The zero-order valence-electron chi connectivity index (χ0n) is 15.2. The summed E-state index contributed by atoms with van der Waals surface area (Å²) in [6.45, 7) is 5.07. The molecular formula is C20H27NO5. The van der Waals surface area contributed by atoms with E-state index in [4.69, 9.17) is 4.74 Å². The van der Waals surface area contributed by atoms with Gasteiger partial charge in [-0.15, -0.1) is 0 Å². The third-order valence-corrected chi connectivity index (χ3v) is 9.13. The molecule has 3 saturated carbocycles. The van der Waals surface area contributed by atoms with Gasteiger partial charge in [0, 0.05) is 23.8 Å². The van der Waals surface area contributed by atoms with Gasteiger partial charge in [0.05, 0.1) is 18.2 Å². The van der Waals surface area contributed by atoms with E-state index in [1.807, 2.05) is 0 Å². The minimum atomic E-state index is -2.02. The summed E-state index contributed by atoms with van der Waals surface area (Å²) in [5.74, 6) is -2.77. The molecule has 4 aliphatic carbocycles. The molecule has 0 aromatic heterocycles. The third-order valence-electron chi connectivity index (χ3n) is 9.13. The van der Waals surface area contributed by atoms with E-state index in [1.54, 1.807) is 0 Å². The molecule has 4 N–H and O–H groups in total. The molecule has 0 radical (unpaired) electrons. The summed E-state index contributed by atoms with van der Waals surface area (Å²) in [4.78, 5) is 13.7. The molecular weight excluding hydrogens is 334 g/mol. The summed E-state index contributed by atoms with van der Waals surface area (Å²) in [6.07, 6.45) is 4.44. The number of carbonyl (C=O) groups excluding carboxylic acids is 1. The topological polar surface area (TPSA) is 109 Å². The number of ketones is 1. The van der Waals surface area contributed by atoms with E-state index in [-0.39, 0.29) is 29.0 Å². The molecule has 0 aromatic carbocycles. The van der Waals surface area contributed by atoms with Crippen LogP contribution < -0.4 is 5.32 Å². The fourth-order valence-electron chi connectivity index (χ4n) is 8.18. The van der Waals surface area contributed by atoms with Gasteiger partial charge in [-0.05, 0) is 30.6 Å². The first-order valence-corrected chi connectivity index (χ1v) is 9.89. The first-order valence-electron chi connectivity index (χ1n) is 9.89. The number of hydrogen-bond donors (Lipinski definition) is 4. The van der Waals surface area contributed by atoms with Gasteiger partial charge in [-0.25, -0.2) is 0 Å². The second-order valence-corrected chi connectivity index (χ2v) is 10.3. The highest BCUT2D eigenvalue weighted by Crippen LogP contribution is 2.76. The highest BCUT2D eigenvalue weighted by atomic mass is 16.6. The van der Waals surface area contributed by atoms with Crippen LogP contribution in [-0.4, -0.2) is 57.8 Å². The van der Waals surface area contributed by atoms with Crippen molar-refractivity contribution in [1.29, 1.82) is 0 Å². The van der Waals surface area contributed by atoms with Crippen molar-refractivity contribution in [2.24, 2.45) is 34.0 Å². The van der Waals surface area contributed by atoms with E-state index in [1.165, 1.54) is 0 Å². The van der Waals surface area contributed by atoms with Crippen LogP contribution in [0.5, 0.6) is 0 Å². The van der Waals surface area contributed by atoms with Crippen LogP contribution in [-0.2, 0) is 9.53 Å². The molecule has 3 aliphatic heterocycles. The summed E-state index contributed by atoms with van der Waals surface area (Å²) in [7, 11) is 0. The zero-order valence-corrected chi connectivity index (χ0v) is 15.2. The molecule has 7 aliphatic rings. The van der Waals surface area contributed by atoms with Crippen LogP contribution in [0.3, 0.4) is 0 Å². The number of aliphatic hydroxyl groups is 3. The zero-order chi connectivity index (χ0) is 18.3. The predicted molar refractivity (Wildman–Crippen MR) is 90.8 cm³/mol. The van der Waals surface area contributed by atoms with E-state index in [0.717, 1.165) is 19.3 Å². The minimum absolute atomic E-state index is 0.138. The van der Waals surface area contributed by atoms with Gasteiger partial charge in [-0.3, -0.25) is 4.79 Å². The number of ether oxygens (including phenoxy) is 1. The Kier molecular flexibility index (Phi) is 2.57. The fraction of sp³-hybridized carbons (Fsp3) is 0.850. The molecule has 4 bridgehead atoms. The summed E-state index contributed by atoms with van der Waals surface area (Å²) in [5, 5.41) is 37.6. The quantitative estimate of drug-likeness (QED) is 0.356. The average molecular weight is 361 g/mol. The SMILES string of the molecule is CC1(C)CC=C[C@]23CO[C@@](O)([C@@H](O)C12)[C@]12C(=O)C4(CN4)[C@H](CCC31)[C@H]2O. The lowest BCUT2D eigenvalue weighted by molar-refractivity contribution is -0.436. The molecule has 0 aromatic rings. The van der Waals surface area contributed by atoms with Crippen LogP contribution in [0.1, 0.15) is 33.1 Å². The molecule has 142 valence electrons. The second kappa shape index (κ2) is 4.13. The maximum Gasteiger partial charge on any atom is 0.208 e. The molecule has 26 heavy (non-hydrogen) atoms. The van der Waals surface area contributed by atoms with Crippen molar-refractivity contribution >= 4 is 5.78 Å². The first kappa shape index (κ1) is 16.2. The standard InChI is InChI=1S/C20H27NO5/c1-16(2)6-3-7-17-9-26-20(25,14(23)12(16)17)19-11(17)5-4-10(13(19)22)18(8-21-18)15(19)24/h3,7,10-14,21-23,25H,4-6,8-9H2,1-2H3/t10-,11?,12?,13-,14+,17-,18?,19-,20+/m1/s1. The number of carbonyl (C=O) groups is 1. The molecule has 3 saturated heterocycles. The molecule has 0 amide bonds. The van der Waals surface area contributed by atoms with Gasteiger partial charge < -0.3 is 25.4 Å². The highest BCUT2D eigenvalue weighted by molar-refractivity contribution is 6.02. The molecule has 6 heteroatoms. The first-order chi connectivity index (χ1) is 12.2. The van der Waals surface area contributed by atoms with Gasteiger partial charge in [-0.2, -0.15) is 0 Å². The lowest BCUT2D eigenvalue weighted by atomic mass is 9.37. The number of aliphatic hydroxyl groups excluding tert-OH is 2. The molecule has 6 nitrogen and oxygen atoms in total. The monoisotopic (exact) mass is 361 g/mol. The Balaban J connectivity index is 1.65. The van der Waals surface area contributed by atoms with E-state index in [0.29, 0.717) is 13.2 Å². The number of hydrogen-bond acceptors (Lipinski definition) is 6. The molecule has 3 unspecified atom stereocenters. The highest BCUT2D eigenvalue weighted by Gasteiger charge is 2.89. The predicted octanol–water partition coefficient (Wildman–Crippen LogP) is -0.0334. The number of Topliss-reactive ketones (excluding diaryl/α,β-unsaturated/α-hetero) is 1. The van der Waals surface area contributed by atoms with Gasteiger partial charge in [0.15, 0.2) is 5.78 Å². The normalized spacial score (nSPS) is 63.7. The van der Waals surface area contributed by atoms with Gasteiger partial charge in [0.1, 0.15) is 11.5 Å². The molecule has 7 rings (SSSR count). The van der Waals surface area contributed by atoms with Crippen molar-refractivity contribution in [1.82, 2.24) is 5.32 Å². The van der Waals surface area contributed by atoms with Crippen LogP contribution >= 0.6 is 0 Å². The smallest absolute Gasteiger partial charge is 0.208 e. The Morgan fingerprint density at radius 3 is 2.65 bits per heavy atom. The number of rotatable bonds is 0. The lowest BCUT2D eigenvalue weighted by Gasteiger charge is -2.72. The van der Waals surface area contributed by atoms with E-state index < -0.39 is 34.4 Å². The summed E-state index contributed by atoms with van der Waals surface area (Å²) in [6, 6.07) is 0. The molecule has 3 spiro atoms. The van der Waals surface area contributed by atoms with Crippen molar-refractivity contribution < 1.29 is 24.9 Å². The Hall–Kier alpha value is -0.790. The molecule has 3 heterocycles. The maximum atomic E-state index is 13.7. The second-order valence-electron chi connectivity index (χ2n) is 10.3. The van der Waals surface area contributed by atoms with E-state index >= 15 is 0 Å². The van der Waals surface area contributed by atoms with Gasteiger partial charge in [-0.1, -0.05) is 26.0 Å². The van der Waals surface area contributed by atoms with Crippen LogP contribution in [0.4, 0.5) is 0 Å². The summed E-state index contributed by atoms with van der Waals surface area (Å²) < 4.78 is 5.93. The van der Waals surface area contributed by atoms with Crippen LogP contribution in [0.15, 0.2) is 12.2 Å². The lowest BCUT2D eigenvalue weighted by Crippen LogP contribution is -2.83. The summed E-state index contributed by atoms with van der Waals surface area (Å²) >= 11 is 0.